The summed E-state index contributed by atoms with van der Waals surface area (Å²) >= 11 is 0. The van der Waals surface area contributed by atoms with Crippen molar-refractivity contribution in [1.82, 2.24) is 9.97 Å². The number of aryl methyl sites for hydroxylation is 3. The van der Waals surface area contributed by atoms with Crippen LogP contribution in [0.25, 0.3) is 11.4 Å². The maximum Gasteiger partial charge on any atom is 0.161 e. The molecule has 0 aliphatic carbocycles. The molecular formula is C17H23N3. The second-order valence-electron chi connectivity index (χ2n) is 5.15. The highest BCUT2D eigenvalue weighted by Crippen LogP contribution is 2.24. The predicted molar refractivity (Wildman–Crippen MR) is 85.2 cm³/mol. The lowest BCUT2D eigenvalue weighted by Crippen LogP contribution is -2.07. The molecule has 0 saturated heterocycles. The summed E-state index contributed by atoms with van der Waals surface area (Å²) in [7, 11) is 0. The third-order valence-electron chi connectivity index (χ3n) is 3.69. The highest BCUT2D eigenvalue weighted by atomic mass is 15.0. The van der Waals surface area contributed by atoms with Gasteiger partial charge in [-0.25, -0.2) is 9.97 Å². The minimum atomic E-state index is 0.812. The molecule has 2 aromatic rings. The molecule has 0 fully saturated rings. The van der Waals surface area contributed by atoms with Crippen molar-refractivity contribution in [1.29, 1.82) is 0 Å². The number of nitrogens with one attached hydrogen (secondary N) is 1. The number of hydrogen-bond acceptors (Lipinski definition) is 3. The van der Waals surface area contributed by atoms with Crippen LogP contribution in [-0.2, 0) is 6.42 Å². The Morgan fingerprint density at radius 3 is 2.35 bits per heavy atom. The van der Waals surface area contributed by atoms with Crippen molar-refractivity contribution in [2.75, 3.05) is 11.9 Å². The van der Waals surface area contributed by atoms with Crippen LogP contribution in [0.5, 0.6) is 0 Å². The van der Waals surface area contributed by atoms with Gasteiger partial charge in [-0.3, -0.25) is 0 Å². The van der Waals surface area contributed by atoms with Gasteiger partial charge in [0, 0.05) is 23.4 Å². The van der Waals surface area contributed by atoms with E-state index in [0.717, 1.165) is 41.4 Å². The average molecular weight is 269 g/mol. The highest BCUT2D eigenvalue weighted by molar-refractivity contribution is 5.61. The standard InChI is InChI=1S/C17H23N3/c1-6-15-13(5)16(18-7-2)20-17(19-15)14-9-8-11(3)12(4)10-14/h8-10H,6-7H2,1-5H3,(H,18,19,20). The highest BCUT2D eigenvalue weighted by Gasteiger charge is 2.11. The molecule has 1 N–H and O–H groups in total. The fraction of sp³-hybridized carbons (Fsp3) is 0.412. The van der Waals surface area contributed by atoms with Crippen LogP contribution >= 0.6 is 0 Å². The molecule has 0 aliphatic heterocycles. The summed E-state index contributed by atoms with van der Waals surface area (Å²) in [5.74, 6) is 1.76. The van der Waals surface area contributed by atoms with Crippen molar-refractivity contribution in [2.45, 2.75) is 41.0 Å². The molecule has 0 unspecified atom stereocenters. The Morgan fingerprint density at radius 2 is 1.75 bits per heavy atom. The second kappa shape index (κ2) is 6.04. The van der Waals surface area contributed by atoms with E-state index >= 15 is 0 Å². The summed E-state index contributed by atoms with van der Waals surface area (Å²) in [6.07, 6.45) is 0.921. The molecule has 1 heterocycles. The molecule has 1 aromatic heterocycles. The molecule has 20 heavy (non-hydrogen) atoms. The zero-order chi connectivity index (χ0) is 14.7. The van der Waals surface area contributed by atoms with E-state index in [9.17, 15) is 0 Å². The first kappa shape index (κ1) is 14.5. The van der Waals surface area contributed by atoms with Crippen LogP contribution < -0.4 is 5.32 Å². The maximum atomic E-state index is 4.72. The van der Waals surface area contributed by atoms with Crippen LogP contribution in [0.2, 0.25) is 0 Å². The quantitative estimate of drug-likeness (QED) is 0.909. The van der Waals surface area contributed by atoms with Crippen LogP contribution in [0, 0.1) is 20.8 Å². The average Bonchev–Trinajstić information content (AvgIpc) is 2.44. The Labute approximate surface area is 121 Å². The first-order chi connectivity index (χ1) is 9.56. The van der Waals surface area contributed by atoms with Crippen molar-refractivity contribution in [3.05, 3.63) is 40.6 Å². The SMILES string of the molecule is CCNc1nc(-c2ccc(C)c(C)c2)nc(CC)c1C. The van der Waals surface area contributed by atoms with Crippen molar-refractivity contribution in [3.8, 4) is 11.4 Å². The molecule has 0 amide bonds. The largest absolute Gasteiger partial charge is 0.370 e. The molecule has 1 aromatic carbocycles. The zero-order valence-corrected chi connectivity index (χ0v) is 13.0. The van der Waals surface area contributed by atoms with Gasteiger partial charge < -0.3 is 5.32 Å². The van der Waals surface area contributed by atoms with E-state index in [-0.39, 0.29) is 0 Å². The fourth-order valence-corrected chi connectivity index (χ4v) is 2.26. The van der Waals surface area contributed by atoms with Crippen LogP contribution in [0.1, 0.15) is 36.2 Å². The van der Waals surface area contributed by atoms with Gasteiger partial charge in [-0.15, -0.1) is 0 Å². The number of rotatable bonds is 4. The van der Waals surface area contributed by atoms with E-state index in [1.165, 1.54) is 11.1 Å². The van der Waals surface area contributed by atoms with Crippen molar-refractivity contribution < 1.29 is 0 Å². The van der Waals surface area contributed by atoms with Gasteiger partial charge in [-0.2, -0.15) is 0 Å². The summed E-state index contributed by atoms with van der Waals surface area (Å²) < 4.78 is 0. The van der Waals surface area contributed by atoms with Crippen LogP contribution in [-0.4, -0.2) is 16.5 Å². The number of hydrogen-bond donors (Lipinski definition) is 1. The van der Waals surface area contributed by atoms with E-state index in [1.54, 1.807) is 0 Å². The number of anilines is 1. The molecule has 0 saturated carbocycles. The van der Waals surface area contributed by atoms with Gasteiger partial charge in [0.2, 0.25) is 0 Å². The Morgan fingerprint density at radius 1 is 1.00 bits per heavy atom. The molecule has 0 atom stereocenters. The van der Waals surface area contributed by atoms with Gasteiger partial charge in [0.15, 0.2) is 5.82 Å². The fourth-order valence-electron chi connectivity index (χ4n) is 2.26. The van der Waals surface area contributed by atoms with Crippen molar-refractivity contribution in [3.63, 3.8) is 0 Å². The Bertz CT molecular complexity index is 618. The lowest BCUT2D eigenvalue weighted by Gasteiger charge is -2.13. The van der Waals surface area contributed by atoms with E-state index in [0.29, 0.717) is 0 Å². The Kier molecular flexibility index (Phi) is 4.38. The van der Waals surface area contributed by atoms with E-state index in [4.69, 9.17) is 4.98 Å². The van der Waals surface area contributed by atoms with Crippen molar-refractivity contribution in [2.24, 2.45) is 0 Å². The molecule has 0 aliphatic rings. The Balaban J connectivity index is 2.55. The number of nitrogens with zero attached hydrogens (tertiary/aromatic N) is 2. The molecule has 3 nitrogen and oxygen atoms in total. The van der Waals surface area contributed by atoms with Gasteiger partial charge in [0.1, 0.15) is 5.82 Å². The summed E-state index contributed by atoms with van der Waals surface area (Å²) in [6, 6.07) is 6.39. The van der Waals surface area contributed by atoms with E-state index in [2.05, 4.69) is 63.1 Å². The molecule has 0 spiro atoms. The minimum Gasteiger partial charge on any atom is -0.370 e. The predicted octanol–water partition coefficient (Wildman–Crippen LogP) is 4.06. The first-order valence-electron chi connectivity index (χ1n) is 7.25. The van der Waals surface area contributed by atoms with Gasteiger partial charge in [0.25, 0.3) is 0 Å². The third-order valence-corrected chi connectivity index (χ3v) is 3.69. The second-order valence-corrected chi connectivity index (χ2v) is 5.15. The molecule has 0 bridgehead atoms. The molecule has 3 heteroatoms. The summed E-state index contributed by atoms with van der Waals surface area (Å²) in [5, 5.41) is 3.34. The van der Waals surface area contributed by atoms with Gasteiger partial charge in [-0.1, -0.05) is 19.1 Å². The van der Waals surface area contributed by atoms with Crippen LogP contribution in [0.15, 0.2) is 18.2 Å². The number of benzene rings is 1. The van der Waals surface area contributed by atoms with Gasteiger partial charge in [-0.05, 0) is 51.3 Å². The topological polar surface area (TPSA) is 37.8 Å². The number of aromatic nitrogens is 2. The van der Waals surface area contributed by atoms with E-state index in [1.807, 2.05) is 0 Å². The normalized spacial score (nSPS) is 10.7. The van der Waals surface area contributed by atoms with Crippen LogP contribution in [0.3, 0.4) is 0 Å². The summed E-state index contributed by atoms with van der Waals surface area (Å²) in [5.41, 5.74) is 5.92. The molecule has 106 valence electrons. The van der Waals surface area contributed by atoms with Crippen LogP contribution in [0.4, 0.5) is 5.82 Å². The molecule has 0 radical (unpaired) electrons. The smallest absolute Gasteiger partial charge is 0.161 e. The summed E-state index contributed by atoms with van der Waals surface area (Å²) in [4.78, 5) is 9.41. The zero-order valence-electron chi connectivity index (χ0n) is 13.0. The minimum absolute atomic E-state index is 0.812. The Hall–Kier alpha value is -1.90. The lowest BCUT2D eigenvalue weighted by molar-refractivity contribution is 0.970. The summed E-state index contributed by atoms with van der Waals surface area (Å²) in [6.45, 7) is 11.4. The van der Waals surface area contributed by atoms with E-state index < -0.39 is 0 Å². The third kappa shape index (κ3) is 2.82. The van der Waals surface area contributed by atoms with Crippen molar-refractivity contribution >= 4 is 5.82 Å². The van der Waals surface area contributed by atoms with Gasteiger partial charge in [0.05, 0.1) is 0 Å². The molecule has 2 rings (SSSR count). The van der Waals surface area contributed by atoms with Gasteiger partial charge >= 0.3 is 0 Å². The monoisotopic (exact) mass is 269 g/mol. The first-order valence-corrected chi connectivity index (χ1v) is 7.25. The molecular weight excluding hydrogens is 246 g/mol. The lowest BCUT2D eigenvalue weighted by atomic mass is 10.1. The maximum absolute atomic E-state index is 4.72.